The first kappa shape index (κ1) is 23.2. The number of nitrogens with zero attached hydrogens (tertiary/aromatic N) is 1. The molecule has 0 aromatic heterocycles. The number of halogens is 3. The molecule has 2 amide bonds. The van der Waals surface area contributed by atoms with Crippen LogP contribution in [0.3, 0.4) is 0 Å². The van der Waals surface area contributed by atoms with E-state index in [1.165, 1.54) is 13.2 Å². The van der Waals surface area contributed by atoms with E-state index >= 15 is 0 Å². The molecule has 168 valence electrons. The van der Waals surface area contributed by atoms with Gasteiger partial charge < -0.3 is 9.47 Å². The Morgan fingerprint density at radius 1 is 1.06 bits per heavy atom. The summed E-state index contributed by atoms with van der Waals surface area (Å²) >= 11 is 13.2. The lowest BCUT2D eigenvalue weighted by molar-refractivity contribution is -0.113. The summed E-state index contributed by atoms with van der Waals surface area (Å²) in [5.41, 5.74) is 1.29. The van der Waals surface area contributed by atoms with Gasteiger partial charge in [0, 0.05) is 10.6 Å². The molecule has 0 aliphatic carbocycles. The van der Waals surface area contributed by atoms with Crippen LogP contribution in [0, 0.1) is 5.82 Å². The molecule has 1 saturated heterocycles. The van der Waals surface area contributed by atoms with Crippen molar-refractivity contribution in [3.05, 3.63) is 92.6 Å². The summed E-state index contributed by atoms with van der Waals surface area (Å²) in [6.07, 6.45) is 1.55. The number of amides is 2. The summed E-state index contributed by atoms with van der Waals surface area (Å²) in [6, 6.07) is 15.9. The van der Waals surface area contributed by atoms with Gasteiger partial charge >= 0.3 is 0 Å². The van der Waals surface area contributed by atoms with Crippen LogP contribution in [-0.4, -0.2) is 18.3 Å². The van der Waals surface area contributed by atoms with Crippen molar-refractivity contribution in [1.82, 2.24) is 0 Å². The molecule has 3 aromatic rings. The monoisotopic (exact) mass is 503 g/mol. The Labute approximate surface area is 203 Å². The number of carbonyl (C=O) groups excluding carboxylic acids is 2. The second kappa shape index (κ2) is 9.87. The van der Waals surface area contributed by atoms with Crippen molar-refractivity contribution < 1.29 is 23.5 Å². The fourth-order valence-corrected chi connectivity index (χ4v) is 4.49. The van der Waals surface area contributed by atoms with Gasteiger partial charge in [-0.2, -0.15) is 0 Å². The molecule has 0 N–H and O–H groups in total. The molecule has 0 spiro atoms. The molecule has 0 atom stereocenters. The largest absolute Gasteiger partial charge is 0.493 e. The molecular weight excluding hydrogens is 488 g/mol. The fraction of sp³-hybridized carbons (Fsp3) is 0.0833. The number of thioether (sulfide) groups is 1. The minimum Gasteiger partial charge on any atom is -0.493 e. The Bertz CT molecular complexity index is 1280. The number of benzene rings is 3. The maximum Gasteiger partial charge on any atom is 0.298 e. The van der Waals surface area contributed by atoms with E-state index < -0.39 is 11.1 Å². The second-order valence-electron chi connectivity index (χ2n) is 6.91. The van der Waals surface area contributed by atoms with E-state index in [1.54, 1.807) is 60.7 Å². The van der Waals surface area contributed by atoms with Crippen LogP contribution in [0.5, 0.6) is 11.5 Å². The summed E-state index contributed by atoms with van der Waals surface area (Å²) in [5, 5.41) is 0.195. The van der Waals surface area contributed by atoms with Crippen LogP contribution in [0.15, 0.2) is 65.6 Å². The summed E-state index contributed by atoms with van der Waals surface area (Å²) in [6.45, 7) is -0.0410. The van der Waals surface area contributed by atoms with Gasteiger partial charge in [0.05, 0.1) is 22.7 Å². The summed E-state index contributed by atoms with van der Waals surface area (Å²) in [4.78, 5) is 26.6. The molecule has 3 aromatic carbocycles. The number of imide groups is 1. The molecule has 0 radical (unpaired) electrons. The lowest BCUT2D eigenvalue weighted by Gasteiger charge is -2.14. The van der Waals surface area contributed by atoms with Crippen LogP contribution in [0.4, 0.5) is 14.9 Å². The van der Waals surface area contributed by atoms with E-state index in [1.807, 2.05) is 0 Å². The number of hydrogen-bond donors (Lipinski definition) is 0. The highest BCUT2D eigenvalue weighted by Crippen LogP contribution is 2.40. The Balaban J connectivity index is 1.59. The third-order valence-electron chi connectivity index (χ3n) is 4.74. The van der Waals surface area contributed by atoms with Crippen LogP contribution < -0.4 is 14.4 Å². The van der Waals surface area contributed by atoms with Gasteiger partial charge in [0.2, 0.25) is 0 Å². The van der Waals surface area contributed by atoms with Crippen LogP contribution >= 0.6 is 35.0 Å². The second-order valence-corrected chi connectivity index (χ2v) is 8.75. The number of hydrogen-bond acceptors (Lipinski definition) is 5. The molecule has 9 heteroatoms. The standard InChI is InChI=1S/C24H16Cl2FNO4S/c1-31-20-10-14(9-18(26)22(20)32-13-15-5-2-3-8-19(15)27)11-21-23(29)28(24(30)33-21)17-7-4-6-16(25)12-17/h2-12H,13H2,1H3/b21-11+. The van der Waals surface area contributed by atoms with Gasteiger partial charge in [0.25, 0.3) is 11.1 Å². The quantitative estimate of drug-likeness (QED) is 0.340. The molecule has 4 rings (SSSR count). The van der Waals surface area contributed by atoms with E-state index in [-0.39, 0.29) is 28.1 Å². The molecule has 0 bridgehead atoms. The smallest absolute Gasteiger partial charge is 0.298 e. The SMILES string of the molecule is COc1cc(/C=C2/SC(=O)N(c3cccc(Cl)c3)C2=O)cc(Cl)c1OCc1ccccc1F. The van der Waals surface area contributed by atoms with Gasteiger partial charge in [0.1, 0.15) is 12.4 Å². The average molecular weight is 504 g/mol. The molecule has 1 heterocycles. The molecular formula is C24H16Cl2FNO4S. The minimum absolute atomic E-state index is 0.0410. The van der Waals surface area contributed by atoms with Crippen molar-refractivity contribution in [2.24, 2.45) is 0 Å². The minimum atomic E-state index is -0.470. The summed E-state index contributed by atoms with van der Waals surface area (Å²) in [5.74, 6) is -0.312. The van der Waals surface area contributed by atoms with Gasteiger partial charge in [0.15, 0.2) is 11.5 Å². The number of methoxy groups -OCH3 is 1. The van der Waals surface area contributed by atoms with Crippen molar-refractivity contribution in [3.8, 4) is 11.5 Å². The normalized spacial score (nSPS) is 14.8. The van der Waals surface area contributed by atoms with Crippen LogP contribution in [0.2, 0.25) is 10.0 Å². The Morgan fingerprint density at radius 3 is 2.58 bits per heavy atom. The highest BCUT2D eigenvalue weighted by atomic mass is 35.5. The highest BCUT2D eigenvalue weighted by molar-refractivity contribution is 8.19. The molecule has 1 aliphatic rings. The Morgan fingerprint density at radius 2 is 1.85 bits per heavy atom. The molecule has 1 aliphatic heterocycles. The van der Waals surface area contributed by atoms with Crippen molar-refractivity contribution in [2.45, 2.75) is 6.61 Å². The first-order valence-corrected chi connectivity index (χ1v) is 11.2. The molecule has 0 unspecified atom stereocenters. The maximum absolute atomic E-state index is 13.9. The van der Waals surface area contributed by atoms with Crippen molar-refractivity contribution >= 4 is 57.9 Å². The van der Waals surface area contributed by atoms with Crippen molar-refractivity contribution in [3.63, 3.8) is 0 Å². The predicted octanol–water partition coefficient (Wildman–Crippen LogP) is 6.96. The van der Waals surface area contributed by atoms with E-state index in [0.29, 0.717) is 27.6 Å². The molecule has 0 saturated carbocycles. The first-order chi connectivity index (χ1) is 15.9. The van der Waals surface area contributed by atoms with E-state index in [2.05, 4.69) is 0 Å². The third-order valence-corrected chi connectivity index (χ3v) is 6.12. The number of anilines is 1. The first-order valence-electron chi connectivity index (χ1n) is 9.64. The molecule has 1 fully saturated rings. The molecule has 5 nitrogen and oxygen atoms in total. The van der Waals surface area contributed by atoms with E-state index in [4.69, 9.17) is 32.7 Å². The Hall–Kier alpha value is -3.00. The number of rotatable bonds is 6. The van der Waals surface area contributed by atoms with E-state index in [0.717, 1.165) is 16.7 Å². The van der Waals surface area contributed by atoms with Gasteiger partial charge in [-0.15, -0.1) is 0 Å². The van der Waals surface area contributed by atoms with Gasteiger partial charge in [-0.05, 0) is 59.8 Å². The van der Waals surface area contributed by atoms with Crippen LogP contribution in [0.1, 0.15) is 11.1 Å². The summed E-state index contributed by atoms with van der Waals surface area (Å²) in [7, 11) is 1.44. The Kier molecular flexibility index (Phi) is 6.93. The van der Waals surface area contributed by atoms with Gasteiger partial charge in [-0.25, -0.2) is 9.29 Å². The molecule has 33 heavy (non-hydrogen) atoms. The predicted molar refractivity (Wildman–Crippen MR) is 129 cm³/mol. The fourth-order valence-electron chi connectivity index (χ4n) is 3.19. The zero-order valence-electron chi connectivity index (χ0n) is 17.2. The maximum atomic E-state index is 13.9. The van der Waals surface area contributed by atoms with Gasteiger partial charge in [-0.3, -0.25) is 9.59 Å². The lowest BCUT2D eigenvalue weighted by atomic mass is 10.1. The highest BCUT2D eigenvalue weighted by Gasteiger charge is 2.36. The average Bonchev–Trinajstić information content (AvgIpc) is 3.06. The van der Waals surface area contributed by atoms with Gasteiger partial charge in [-0.1, -0.05) is 47.5 Å². The van der Waals surface area contributed by atoms with Crippen LogP contribution in [0.25, 0.3) is 6.08 Å². The zero-order valence-corrected chi connectivity index (χ0v) is 19.5. The topological polar surface area (TPSA) is 55.8 Å². The third kappa shape index (κ3) is 5.00. The number of ether oxygens (including phenoxy) is 2. The number of carbonyl (C=O) groups is 2. The van der Waals surface area contributed by atoms with Crippen LogP contribution in [-0.2, 0) is 11.4 Å². The lowest BCUT2D eigenvalue weighted by Crippen LogP contribution is -2.27. The zero-order chi connectivity index (χ0) is 23.5. The van der Waals surface area contributed by atoms with Crippen molar-refractivity contribution in [1.29, 1.82) is 0 Å². The van der Waals surface area contributed by atoms with Crippen molar-refractivity contribution in [2.75, 3.05) is 12.0 Å². The summed E-state index contributed by atoms with van der Waals surface area (Å²) < 4.78 is 25.0. The van der Waals surface area contributed by atoms with E-state index in [9.17, 15) is 14.0 Å².